The molecule has 118 valence electrons. The second-order valence-corrected chi connectivity index (χ2v) is 19.9. The van der Waals surface area contributed by atoms with Crippen LogP contribution in [0, 0.1) is 0 Å². The van der Waals surface area contributed by atoms with Gasteiger partial charge in [0.15, 0.2) is 0 Å². The lowest BCUT2D eigenvalue weighted by atomic mass is 10.2. The van der Waals surface area contributed by atoms with Crippen molar-refractivity contribution in [3.8, 4) is 0 Å². The summed E-state index contributed by atoms with van der Waals surface area (Å²) >= 11 is 0. The fraction of sp³-hybridized carbons (Fsp3) is 0.882. The zero-order chi connectivity index (χ0) is 15.0. The minimum absolute atomic E-state index is 0.689. The van der Waals surface area contributed by atoms with Crippen LogP contribution in [0.1, 0.15) is 60.3 Å². The average molecular weight is 312 g/mol. The van der Waals surface area contributed by atoms with Gasteiger partial charge in [0.25, 0.3) is 0 Å². The number of allylic oxidation sites excluding steroid dienone is 1. The van der Waals surface area contributed by atoms with Gasteiger partial charge in [0.1, 0.15) is 0 Å². The molecule has 1 fully saturated rings. The molecule has 1 N–H and O–H groups in total. The topological polar surface area (TPSA) is 12.0 Å². The third-order valence-electron chi connectivity index (χ3n) is 5.68. The van der Waals surface area contributed by atoms with Crippen LogP contribution in [0.25, 0.3) is 0 Å². The molecule has 0 amide bonds. The maximum atomic E-state index is 3.86. The van der Waals surface area contributed by atoms with Crippen LogP contribution < -0.4 is 5.32 Å². The summed E-state index contributed by atoms with van der Waals surface area (Å²) in [6.07, 6.45) is 5.74. The fourth-order valence-corrected chi connectivity index (χ4v) is 18.6. The second kappa shape index (κ2) is 9.21. The summed E-state index contributed by atoms with van der Waals surface area (Å²) in [5.41, 5.74) is 4.33. The first-order chi connectivity index (χ1) is 9.57. The van der Waals surface area contributed by atoms with E-state index in [-0.39, 0.29) is 0 Å². The summed E-state index contributed by atoms with van der Waals surface area (Å²) in [5.74, 6) is 0. The minimum Gasteiger partial charge on any atom is -0.314 e. The summed E-state index contributed by atoms with van der Waals surface area (Å²) in [5, 5.41) is 3.86. The number of hydrogen-bond donors (Lipinski definition) is 1. The molecular weight excluding hydrogens is 274 g/mol. The van der Waals surface area contributed by atoms with Crippen LogP contribution >= 0.6 is 0 Å². The lowest BCUT2D eigenvalue weighted by Crippen LogP contribution is -2.50. The van der Waals surface area contributed by atoms with E-state index in [9.17, 15) is 0 Å². The zero-order valence-electron chi connectivity index (χ0n) is 14.6. The molecule has 3 heteroatoms. The van der Waals surface area contributed by atoms with Gasteiger partial charge in [0.05, 0.1) is 8.31 Å². The Morgan fingerprint density at radius 1 is 1.10 bits per heavy atom. The van der Waals surface area contributed by atoms with Crippen molar-refractivity contribution in [1.82, 2.24) is 5.32 Å². The average Bonchev–Trinajstić information content (AvgIpc) is 2.93. The van der Waals surface area contributed by atoms with Gasteiger partial charge in [-0.1, -0.05) is 57.3 Å². The lowest BCUT2D eigenvalue weighted by molar-refractivity contribution is 0.542. The molecule has 1 rings (SSSR count). The van der Waals surface area contributed by atoms with Crippen molar-refractivity contribution in [3.63, 3.8) is 0 Å². The lowest BCUT2D eigenvalue weighted by Gasteiger charge is -2.35. The summed E-state index contributed by atoms with van der Waals surface area (Å²) in [6, 6.07) is 6.86. The predicted molar refractivity (Wildman–Crippen MR) is 98.8 cm³/mol. The van der Waals surface area contributed by atoms with Gasteiger partial charge in [-0.2, -0.15) is 0 Å². The van der Waals surface area contributed by atoms with Gasteiger partial charge in [-0.3, -0.25) is 0 Å². The van der Waals surface area contributed by atoms with Crippen molar-refractivity contribution in [2.75, 3.05) is 6.54 Å². The molecule has 0 aromatic rings. The van der Waals surface area contributed by atoms with E-state index in [0.717, 1.165) is 6.04 Å². The van der Waals surface area contributed by atoms with Crippen molar-refractivity contribution in [1.29, 1.82) is 0 Å². The minimum atomic E-state index is -0.964. The first kappa shape index (κ1) is 18.2. The van der Waals surface area contributed by atoms with E-state index in [1.807, 2.05) is 0 Å². The van der Waals surface area contributed by atoms with Gasteiger partial charge in [0, 0.05) is 13.6 Å². The van der Waals surface area contributed by atoms with Gasteiger partial charge < -0.3 is 5.32 Å². The Morgan fingerprint density at radius 3 is 2.10 bits per heavy atom. The standard InChI is InChI=1S/C17H37NSi2/c1-6-20(7-2,8-3)19(15-16(4)5)14-13-18-17-11-9-10-12-17/h15,17-19H,6-14H2,1-5H3. The van der Waals surface area contributed by atoms with Crippen molar-refractivity contribution in [2.24, 2.45) is 0 Å². The zero-order valence-corrected chi connectivity index (χ0v) is 16.8. The summed E-state index contributed by atoms with van der Waals surface area (Å²) in [6.45, 7) is 13.3. The van der Waals surface area contributed by atoms with Crippen LogP contribution in [0.15, 0.2) is 11.3 Å². The predicted octanol–water partition coefficient (Wildman–Crippen LogP) is 4.84. The Balaban J connectivity index is 2.60. The molecule has 0 radical (unpaired) electrons. The molecule has 1 aliphatic carbocycles. The highest BCUT2D eigenvalue weighted by atomic mass is 29.2. The van der Waals surface area contributed by atoms with Crippen LogP contribution in [0.3, 0.4) is 0 Å². The maximum absolute atomic E-state index is 3.86. The van der Waals surface area contributed by atoms with Crippen molar-refractivity contribution in [2.45, 2.75) is 90.5 Å². The Hall–Kier alpha value is 0.134. The molecule has 0 aliphatic heterocycles. The van der Waals surface area contributed by atoms with Crippen molar-refractivity contribution < 1.29 is 0 Å². The van der Waals surface area contributed by atoms with Gasteiger partial charge in [0.2, 0.25) is 0 Å². The quantitative estimate of drug-likeness (QED) is 0.601. The molecule has 1 atom stereocenters. The summed E-state index contributed by atoms with van der Waals surface area (Å²) in [4.78, 5) is 0. The van der Waals surface area contributed by atoms with E-state index < -0.39 is 15.9 Å². The highest BCUT2D eigenvalue weighted by Gasteiger charge is 2.35. The van der Waals surface area contributed by atoms with E-state index in [1.165, 1.54) is 56.4 Å². The monoisotopic (exact) mass is 311 g/mol. The maximum Gasteiger partial charge on any atom is 0.0572 e. The molecule has 20 heavy (non-hydrogen) atoms. The van der Waals surface area contributed by atoms with Crippen LogP contribution in [-0.4, -0.2) is 28.5 Å². The van der Waals surface area contributed by atoms with E-state index in [2.05, 4.69) is 45.6 Å². The van der Waals surface area contributed by atoms with E-state index in [0.29, 0.717) is 0 Å². The van der Waals surface area contributed by atoms with Crippen LogP contribution in [0.5, 0.6) is 0 Å². The molecule has 1 aliphatic rings. The fourth-order valence-electron chi connectivity index (χ4n) is 4.08. The molecule has 1 nitrogen and oxygen atoms in total. The summed E-state index contributed by atoms with van der Waals surface area (Å²) in [7, 11) is -1.65. The number of rotatable bonds is 9. The molecule has 1 unspecified atom stereocenters. The van der Waals surface area contributed by atoms with Crippen LogP contribution in [-0.2, 0) is 0 Å². The molecule has 0 spiro atoms. The smallest absolute Gasteiger partial charge is 0.0572 e. The van der Waals surface area contributed by atoms with E-state index in [1.54, 1.807) is 5.57 Å². The highest BCUT2D eigenvalue weighted by Crippen LogP contribution is 2.27. The third kappa shape index (κ3) is 5.16. The van der Waals surface area contributed by atoms with Crippen molar-refractivity contribution >= 4 is 15.9 Å². The van der Waals surface area contributed by atoms with Crippen molar-refractivity contribution in [3.05, 3.63) is 11.3 Å². The van der Waals surface area contributed by atoms with Gasteiger partial charge in [-0.15, -0.1) is 5.70 Å². The Morgan fingerprint density at radius 2 is 1.65 bits per heavy atom. The largest absolute Gasteiger partial charge is 0.314 e. The van der Waals surface area contributed by atoms with E-state index in [4.69, 9.17) is 0 Å². The number of hydrogen-bond acceptors (Lipinski definition) is 1. The molecule has 0 aromatic heterocycles. The SMILES string of the molecule is CC[Si](CC)(CC)[SiH](C=C(C)C)CCNC1CCCC1. The molecule has 0 saturated heterocycles. The molecular formula is C17H37NSi2. The van der Waals surface area contributed by atoms with Gasteiger partial charge in [-0.25, -0.2) is 0 Å². The second-order valence-electron chi connectivity index (χ2n) is 7.00. The summed E-state index contributed by atoms with van der Waals surface area (Å²) < 4.78 is 0. The van der Waals surface area contributed by atoms with Crippen LogP contribution in [0.4, 0.5) is 0 Å². The van der Waals surface area contributed by atoms with E-state index >= 15 is 0 Å². The molecule has 0 bridgehead atoms. The number of nitrogens with one attached hydrogen (secondary N) is 1. The van der Waals surface area contributed by atoms with Crippen LogP contribution in [0.2, 0.25) is 24.2 Å². The first-order valence-electron chi connectivity index (χ1n) is 8.96. The van der Waals surface area contributed by atoms with Gasteiger partial charge in [-0.05, 0) is 39.3 Å². The Labute approximate surface area is 130 Å². The normalized spacial score (nSPS) is 18.2. The third-order valence-corrected chi connectivity index (χ3v) is 23.2. The highest BCUT2D eigenvalue weighted by molar-refractivity contribution is 7.35. The Kier molecular flexibility index (Phi) is 8.38. The molecule has 0 heterocycles. The van der Waals surface area contributed by atoms with Gasteiger partial charge >= 0.3 is 0 Å². The molecule has 0 aromatic carbocycles. The first-order valence-corrected chi connectivity index (χ1v) is 14.9. The molecule has 1 saturated carbocycles. The Bertz CT molecular complexity index is 279.